The minimum absolute atomic E-state index is 0.114. The van der Waals surface area contributed by atoms with Crippen LogP contribution in [0.3, 0.4) is 0 Å². The van der Waals surface area contributed by atoms with Gasteiger partial charge in [0.2, 0.25) is 11.4 Å². The molecule has 0 aromatic rings. The Morgan fingerprint density at radius 2 is 1.94 bits per heavy atom. The molecule has 2 heterocycles. The molecule has 3 fully saturated rings. The summed E-state index contributed by atoms with van der Waals surface area (Å²) >= 11 is 0. The van der Waals surface area contributed by atoms with Gasteiger partial charge in [-0.15, -0.1) is 0 Å². The maximum atomic E-state index is 12.0. The van der Waals surface area contributed by atoms with Crippen LogP contribution in [0.15, 0.2) is 0 Å². The van der Waals surface area contributed by atoms with Gasteiger partial charge in [-0.25, -0.2) is 4.79 Å². The van der Waals surface area contributed by atoms with Gasteiger partial charge in [-0.05, 0) is 25.7 Å². The molecule has 5 heteroatoms. The molecule has 3 atom stereocenters. The summed E-state index contributed by atoms with van der Waals surface area (Å²) < 4.78 is 5.29. The maximum absolute atomic E-state index is 12.0. The van der Waals surface area contributed by atoms with Crippen LogP contribution in [-0.4, -0.2) is 34.2 Å². The first-order chi connectivity index (χ1) is 7.82. The van der Waals surface area contributed by atoms with Crippen molar-refractivity contribution in [2.45, 2.75) is 50.9 Å². The third kappa shape index (κ3) is 0.853. The lowest BCUT2D eigenvalue weighted by molar-refractivity contribution is -0.241. The van der Waals surface area contributed by atoms with E-state index in [2.05, 4.69) is 5.32 Å². The summed E-state index contributed by atoms with van der Waals surface area (Å²) in [5.41, 5.74) is -2.69. The van der Waals surface area contributed by atoms with Crippen LogP contribution in [0.5, 0.6) is 0 Å². The Bertz CT molecular complexity index is 428. The minimum Gasteiger partial charge on any atom is -0.453 e. The number of hydrogen-bond acceptors (Lipinski definition) is 4. The molecule has 0 unspecified atom stereocenters. The average molecular weight is 239 g/mol. The highest BCUT2D eigenvalue weighted by Gasteiger charge is 2.87. The van der Waals surface area contributed by atoms with Crippen molar-refractivity contribution in [2.24, 2.45) is 11.3 Å². The van der Waals surface area contributed by atoms with E-state index in [9.17, 15) is 14.7 Å². The van der Waals surface area contributed by atoms with Gasteiger partial charge in [-0.2, -0.15) is 0 Å². The number of rotatable bonds is 2. The Kier molecular flexibility index (Phi) is 1.72. The molecule has 94 valence electrons. The number of ether oxygens (including phenoxy) is 1. The molecule has 0 bridgehead atoms. The Morgan fingerprint density at radius 3 is 2.35 bits per heavy atom. The maximum Gasteiger partial charge on any atom is 0.339 e. The molecule has 1 saturated carbocycles. The molecule has 2 saturated heterocycles. The van der Waals surface area contributed by atoms with Crippen molar-refractivity contribution < 1.29 is 19.4 Å². The molecule has 17 heavy (non-hydrogen) atoms. The van der Waals surface area contributed by atoms with Gasteiger partial charge < -0.3 is 15.2 Å². The lowest BCUT2D eigenvalue weighted by atomic mass is 9.65. The van der Waals surface area contributed by atoms with Crippen molar-refractivity contribution in [2.75, 3.05) is 0 Å². The topological polar surface area (TPSA) is 75.6 Å². The largest absolute Gasteiger partial charge is 0.453 e. The third-order valence-electron chi connectivity index (χ3n) is 4.85. The van der Waals surface area contributed by atoms with Crippen LogP contribution in [0, 0.1) is 11.3 Å². The van der Waals surface area contributed by atoms with Gasteiger partial charge in [-0.1, -0.05) is 13.8 Å². The summed E-state index contributed by atoms with van der Waals surface area (Å²) in [6.45, 7) is 5.43. The molecule has 2 N–H and O–H groups in total. The Morgan fingerprint density at radius 1 is 1.35 bits per heavy atom. The molecule has 1 amide bonds. The first kappa shape index (κ1) is 11.0. The molecular formula is C12H17NO4. The van der Waals surface area contributed by atoms with Gasteiger partial charge in [0, 0.05) is 0 Å². The number of aliphatic hydroxyl groups excluding tert-OH is 1. The molecule has 0 aromatic heterocycles. The Hall–Kier alpha value is -1.10. The van der Waals surface area contributed by atoms with Crippen LogP contribution in [0.1, 0.15) is 33.6 Å². The van der Waals surface area contributed by atoms with Gasteiger partial charge in [0.25, 0.3) is 0 Å². The second-order valence-electron chi connectivity index (χ2n) is 5.96. The highest BCUT2D eigenvalue weighted by atomic mass is 16.6. The van der Waals surface area contributed by atoms with Gasteiger partial charge >= 0.3 is 5.97 Å². The van der Waals surface area contributed by atoms with E-state index in [1.54, 1.807) is 6.92 Å². The van der Waals surface area contributed by atoms with E-state index in [0.29, 0.717) is 0 Å². The molecule has 0 aromatic carbocycles. The van der Waals surface area contributed by atoms with Crippen molar-refractivity contribution in [1.82, 2.24) is 5.32 Å². The summed E-state index contributed by atoms with van der Waals surface area (Å²) in [6.07, 6.45) is 0.558. The van der Waals surface area contributed by atoms with E-state index in [0.717, 1.165) is 12.8 Å². The smallest absolute Gasteiger partial charge is 0.339 e. The number of fused-ring (bicyclic) bond motifs is 2. The van der Waals surface area contributed by atoms with Gasteiger partial charge in [0.1, 0.15) is 0 Å². The second kappa shape index (κ2) is 2.66. The Balaban J connectivity index is 2.09. The summed E-state index contributed by atoms with van der Waals surface area (Å²) in [4.78, 5) is 23.9. The summed E-state index contributed by atoms with van der Waals surface area (Å²) in [5.74, 6) is -0.764. The van der Waals surface area contributed by atoms with E-state index < -0.39 is 28.6 Å². The summed E-state index contributed by atoms with van der Waals surface area (Å²) in [5, 5.41) is 13.0. The fourth-order valence-electron chi connectivity index (χ4n) is 3.46. The monoisotopic (exact) mass is 239 g/mol. The highest BCUT2D eigenvalue weighted by molar-refractivity contribution is 6.05. The number of aliphatic hydroxyl groups is 1. The van der Waals surface area contributed by atoms with Crippen molar-refractivity contribution in [3.63, 3.8) is 0 Å². The molecule has 1 aliphatic carbocycles. The van der Waals surface area contributed by atoms with Crippen molar-refractivity contribution in [3.05, 3.63) is 0 Å². The highest BCUT2D eigenvalue weighted by Crippen LogP contribution is 2.68. The SMILES string of the molecule is CC(C)[C@H](O)[C@@]12NC(=O)C3(CC3)[C@]1(C)OC2=O. The standard InChI is InChI=1S/C12H17NO4/c1-6(2)7(14)12-9(16)17-10(12,3)11(4-5-11)8(15)13-12/h6-7,14H,4-5H2,1-3H3,(H,13,15)/t7-,10-,12-/m0/s1. The van der Waals surface area contributed by atoms with Crippen LogP contribution in [0.4, 0.5) is 0 Å². The van der Waals surface area contributed by atoms with Crippen molar-refractivity contribution in [1.29, 1.82) is 0 Å². The first-order valence-electron chi connectivity index (χ1n) is 6.06. The van der Waals surface area contributed by atoms with Gasteiger partial charge in [0.15, 0.2) is 5.60 Å². The third-order valence-corrected chi connectivity index (χ3v) is 4.85. The lowest BCUT2D eigenvalue weighted by Crippen LogP contribution is -2.80. The molecule has 2 aliphatic heterocycles. The number of carbonyl (C=O) groups is 2. The van der Waals surface area contributed by atoms with Crippen LogP contribution in [0.2, 0.25) is 0 Å². The fourth-order valence-corrected chi connectivity index (χ4v) is 3.46. The van der Waals surface area contributed by atoms with Crippen LogP contribution >= 0.6 is 0 Å². The van der Waals surface area contributed by atoms with Crippen molar-refractivity contribution >= 4 is 11.9 Å². The zero-order valence-electron chi connectivity index (χ0n) is 10.2. The first-order valence-corrected chi connectivity index (χ1v) is 6.06. The van der Waals surface area contributed by atoms with Gasteiger partial charge in [0.05, 0.1) is 11.5 Å². The number of carbonyl (C=O) groups excluding carboxylic acids is 2. The molecular weight excluding hydrogens is 222 g/mol. The number of amides is 1. The van der Waals surface area contributed by atoms with E-state index in [1.165, 1.54) is 0 Å². The van der Waals surface area contributed by atoms with E-state index in [-0.39, 0.29) is 11.8 Å². The molecule has 3 rings (SSSR count). The number of esters is 1. The average Bonchev–Trinajstić information content (AvgIpc) is 3.02. The normalized spacial score (nSPS) is 42.9. The fraction of sp³-hybridized carbons (Fsp3) is 0.833. The van der Waals surface area contributed by atoms with Gasteiger partial charge in [-0.3, -0.25) is 4.79 Å². The minimum atomic E-state index is -1.23. The van der Waals surface area contributed by atoms with E-state index in [1.807, 2.05) is 13.8 Å². The number of nitrogens with one attached hydrogen (secondary N) is 1. The predicted molar refractivity (Wildman–Crippen MR) is 57.9 cm³/mol. The Labute approximate surface area is 99.5 Å². The molecule has 3 aliphatic rings. The summed E-state index contributed by atoms with van der Waals surface area (Å²) in [6, 6.07) is 0. The van der Waals surface area contributed by atoms with Crippen molar-refractivity contribution in [3.8, 4) is 0 Å². The number of hydrogen-bond donors (Lipinski definition) is 2. The van der Waals surface area contributed by atoms with Crippen LogP contribution in [-0.2, 0) is 14.3 Å². The second-order valence-corrected chi connectivity index (χ2v) is 5.96. The quantitative estimate of drug-likeness (QED) is 0.663. The summed E-state index contributed by atoms with van der Waals surface area (Å²) in [7, 11) is 0. The zero-order chi connectivity index (χ0) is 12.6. The molecule has 5 nitrogen and oxygen atoms in total. The molecule has 1 spiro atoms. The predicted octanol–water partition coefficient (Wildman–Crippen LogP) is -0.0324. The lowest BCUT2D eigenvalue weighted by Gasteiger charge is -2.54. The van der Waals surface area contributed by atoms with Crippen LogP contribution < -0.4 is 5.32 Å². The molecule has 0 radical (unpaired) electrons. The van der Waals surface area contributed by atoms with E-state index >= 15 is 0 Å². The van der Waals surface area contributed by atoms with Crippen LogP contribution in [0.25, 0.3) is 0 Å². The van der Waals surface area contributed by atoms with E-state index in [4.69, 9.17) is 4.74 Å². The zero-order valence-corrected chi connectivity index (χ0v) is 10.2.